The molecule has 0 saturated heterocycles. The summed E-state index contributed by atoms with van der Waals surface area (Å²) in [5, 5.41) is 0. The Labute approximate surface area is 107 Å². The summed E-state index contributed by atoms with van der Waals surface area (Å²) in [6.45, 7) is 4.22. The molecule has 0 fully saturated rings. The number of hydrogen-bond donors (Lipinski definition) is 0. The van der Waals surface area contributed by atoms with E-state index in [1.54, 1.807) is 24.3 Å². The highest BCUT2D eigenvalue weighted by atomic mass is 16.5. The van der Waals surface area contributed by atoms with Gasteiger partial charge in [-0.3, -0.25) is 4.79 Å². The van der Waals surface area contributed by atoms with E-state index in [0.29, 0.717) is 12.2 Å². The van der Waals surface area contributed by atoms with E-state index < -0.39 is 0 Å². The number of benzene rings is 2. The van der Waals surface area contributed by atoms with Gasteiger partial charge in [0.25, 0.3) is 0 Å². The van der Waals surface area contributed by atoms with Crippen LogP contribution in [0.3, 0.4) is 0 Å². The lowest BCUT2D eigenvalue weighted by molar-refractivity contribution is 0.112. The minimum Gasteiger partial charge on any atom is -0.489 e. The van der Waals surface area contributed by atoms with Gasteiger partial charge in [0.2, 0.25) is 0 Å². The molecule has 0 heterocycles. The maximum atomic E-state index is 10.5. The van der Waals surface area contributed by atoms with Crippen LogP contribution >= 0.6 is 0 Å². The summed E-state index contributed by atoms with van der Waals surface area (Å²) in [7, 11) is 0. The molecule has 0 aliphatic rings. The number of carbonyl (C=O) groups is 1. The van der Waals surface area contributed by atoms with Crippen LogP contribution in [-0.4, -0.2) is 6.29 Å². The van der Waals surface area contributed by atoms with Crippen molar-refractivity contribution >= 4 is 12.4 Å². The largest absolute Gasteiger partial charge is 0.489 e. The predicted octanol–water partition coefficient (Wildman–Crippen LogP) is 3.72. The van der Waals surface area contributed by atoms with Crippen molar-refractivity contribution in [3.8, 4) is 5.75 Å². The minimum atomic E-state index is 0.512. The fraction of sp³-hybridized carbons (Fsp3) is 0.0625. The van der Waals surface area contributed by atoms with E-state index in [4.69, 9.17) is 4.74 Å². The monoisotopic (exact) mass is 238 g/mol. The second kappa shape index (κ2) is 5.82. The summed E-state index contributed by atoms with van der Waals surface area (Å²) in [5.74, 6) is 0.758. The summed E-state index contributed by atoms with van der Waals surface area (Å²) in [5.41, 5.74) is 2.84. The molecule has 0 atom stereocenters. The van der Waals surface area contributed by atoms with Gasteiger partial charge in [-0.25, -0.2) is 0 Å². The Morgan fingerprint density at radius 3 is 2.11 bits per heavy atom. The van der Waals surface area contributed by atoms with E-state index in [1.807, 2.05) is 30.3 Å². The molecule has 90 valence electrons. The Bertz CT molecular complexity index is 473. The molecule has 2 heteroatoms. The lowest BCUT2D eigenvalue weighted by Crippen LogP contribution is -1.95. The van der Waals surface area contributed by atoms with Gasteiger partial charge in [0, 0.05) is 5.56 Å². The molecule has 0 aliphatic heterocycles. The number of carbonyl (C=O) groups excluding carboxylic acids is 1. The molecule has 2 nitrogen and oxygen atoms in total. The summed E-state index contributed by atoms with van der Waals surface area (Å²) >= 11 is 0. The van der Waals surface area contributed by atoms with Crippen molar-refractivity contribution in [2.75, 3.05) is 0 Å². The zero-order chi connectivity index (χ0) is 12.8. The summed E-state index contributed by atoms with van der Waals surface area (Å²) in [6, 6.07) is 15.1. The molecule has 2 aromatic carbocycles. The molecule has 0 bridgehead atoms. The SMILES string of the molecule is C=Cc1ccc(COc2ccc(C=O)cc2)cc1. The van der Waals surface area contributed by atoms with Crippen LogP contribution in [0.25, 0.3) is 6.08 Å². The Morgan fingerprint density at radius 1 is 0.944 bits per heavy atom. The zero-order valence-electron chi connectivity index (χ0n) is 10.0. The molecule has 0 aromatic heterocycles. The van der Waals surface area contributed by atoms with Gasteiger partial charge in [-0.15, -0.1) is 0 Å². The van der Waals surface area contributed by atoms with E-state index in [9.17, 15) is 4.79 Å². The van der Waals surface area contributed by atoms with Crippen LogP contribution in [0.2, 0.25) is 0 Å². The lowest BCUT2D eigenvalue weighted by Gasteiger charge is -2.06. The van der Waals surface area contributed by atoms with E-state index in [1.165, 1.54) is 0 Å². The molecule has 0 unspecified atom stereocenters. The molecular formula is C16H14O2. The third kappa shape index (κ3) is 3.08. The third-order valence-corrected chi connectivity index (χ3v) is 2.64. The molecule has 0 N–H and O–H groups in total. The topological polar surface area (TPSA) is 26.3 Å². The fourth-order valence-corrected chi connectivity index (χ4v) is 1.56. The van der Waals surface area contributed by atoms with E-state index in [-0.39, 0.29) is 0 Å². The Balaban J connectivity index is 1.97. The van der Waals surface area contributed by atoms with E-state index in [2.05, 4.69) is 6.58 Å². The first-order valence-corrected chi connectivity index (χ1v) is 5.71. The molecule has 0 aliphatic carbocycles. The predicted molar refractivity (Wildman–Crippen MR) is 72.7 cm³/mol. The third-order valence-electron chi connectivity index (χ3n) is 2.64. The first kappa shape index (κ1) is 12.1. The van der Waals surface area contributed by atoms with Crippen molar-refractivity contribution in [2.45, 2.75) is 6.61 Å². The van der Waals surface area contributed by atoms with Crippen molar-refractivity contribution < 1.29 is 9.53 Å². The van der Waals surface area contributed by atoms with Gasteiger partial charge in [-0.2, -0.15) is 0 Å². The molecule has 0 amide bonds. The number of rotatable bonds is 5. The summed E-state index contributed by atoms with van der Waals surface area (Å²) in [6.07, 6.45) is 2.63. The lowest BCUT2D eigenvalue weighted by atomic mass is 10.1. The standard InChI is InChI=1S/C16H14O2/c1-2-13-3-5-15(6-4-13)12-18-16-9-7-14(11-17)8-10-16/h2-11H,1,12H2. The second-order valence-electron chi connectivity index (χ2n) is 3.92. The highest BCUT2D eigenvalue weighted by Crippen LogP contribution is 2.14. The smallest absolute Gasteiger partial charge is 0.150 e. The average molecular weight is 238 g/mol. The number of hydrogen-bond acceptors (Lipinski definition) is 2. The first-order chi connectivity index (χ1) is 8.81. The highest BCUT2D eigenvalue weighted by molar-refractivity contribution is 5.74. The van der Waals surface area contributed by atoms with Crippen LogP contribution in [0.4, 0.5) is 0 Å². The summed E-state index contributed by atoms with van der Waals surface area (Å²) in [4.78, 5) is 10.5. The molecular weight excluding hydrogens is 224 g/mol. The van der Waals surface area contributed by atoms with Crippen molar-refractivity contribution in [1.82, 2.24) is 0 Å². The fourth-order valence-electron chi connectivity index (χ4n) is 1.56. The number of ether oxygens (including phenoxy) is 1. The van der Waals surface area contributed by atoms with Gasteiger partial charge >= 0.3 is 0 Å². The maximum absolute atomic E-state index is 10.5. The van der Waals surface area contributed by atoms with Crippen LogP contribution in [0, 0.1) is 0 Å². The van der Waals surface area contributed by atoms with Crippen LogP contribution in [0.1, 0.15) is 21.5 Å². The van der Waals surface area contributed by atoms with Crippen molar-refractivity contribution in [3.05, 3.63) is 71.8 Å². The minimum absolute atomic E-state index is 0.512. The van der Waals surface area contributed by atoms with Crippen LogP contribution in [-0.2, 0) is 6.61 Å². The van der Waals surface area contributed by atoms with Gasteiger partial charge in [0.15, 0.2) is 0 Å². The molecule has 0 saturated carbocycles. The first-order valence-electron chi connectivity index (χ1n) is 5.71. The normalized spacial score (nSPS) is 9.78. The second-order valence-corrected chi connectivity index (χ2v) is 3.92. The Morgan fingerprint density at radius 2 is 1.56 bits per heavy atom. The molecule has 2 rings (SSSR count). The van der Waals surface area contributed by atoms with E-state index in [0.717, 1.165) is 23.2 Å². The van der Waals surface area contributed by atoms with Gasteiger partial charge in [0.05, 0.1) is 0 Å². The van der Waals surface area contributed by atoms with E-state index >= 15 is 0 Å². The van der Waals surface area contributed by atoms with Crippen LogP contribution in [0.5, 0.6) is 5.75 Å². The molecule has 18 heavy (non-hydrogen) atoms. The quantitative estimate of drug-likeness (QED) is 0.742. The molecule has 0 spiro atoms. The van der Waals surface area contributed by atoms with Crippen molar-refractivity contribution in [1.29, 1.82) is 0 Å². The average Bonchev–Trinajstić information content (AvgIpc) is 2.46. The van der Waals surface area contributed by atoms with Gasteiger partial charge < -0.3 is 4.74 Å². The van der Waals surface area contributed by atoms with Gasteiger partial charge in [-0.1, -0.05) is 36.9 Å². The molecule has 2 aromatic rings. The Hall–Kier alpha value is -2.35. The van der Waals surface area contributed by atoms with Crippen molar-refractivity contribution in [2.24, 2.45) is 0 Å². The Kier molecular flexibility index (Phi) is 3.92. The van der Waals surface area contributed by atoms with Gasteiger partial charge in [0.1, 0.15) is 18.6 Å². The zero-order valence-corrected chi connectivity index (χ0v) is 10.0. The summed E-state index contributed by atoms with van der Waals surface area (Å²) < 4.78 is 5.62. The van der Waals surface area contributed by atoms with Gasteiger partial charge in [-0.05, 0) is 35.4 Å². The van der Waals surface area contributed by atoms with Crippen LogP contribution in [0.15, 0.2) is 55.1 Å². The maximum Gasteiger partial charge on any atom is 0.150 e. The molecule has 0 radical (unpaired) electrons. The highest BCUT2D eigenvalue weighted by Gasteiger charge is 1.96. The van der Waals surface area contributed by atoms with Crippen molar-refractivity contribution in [3.63, 3.8) is 0 Å². The van der Waals surface area contributed by atoms with Crippen LogP contribution < -0.4 is 4.74 Å². The number of aldehydes is 1.